The van der Waals surface area contributed by atoms with Crippen LogP contribution in [-0.2, 0) is 0 Å². The number of unbranched alkanes of at least 4 members (excludes halogenated alkanes) is 9. The van der Waals surface area contributed by atoms with Gasteiger partial charge in [-0.1, -0.05) is 95.0 Å². The highest BCUT2D eigenvalue weighted by atomic mass is 16.5. The summed E-state index contributed by atoms with van der Waals surface area (Å²) in [4.78, 5) is 1.18. The van der Waals surface area contributed by atoms with E-state index in [1.54, 1.807) is 0 Å². The second-order valence-electron chi connectivity index (χ2n) is 7.47. The van der Waals surface area contributed by atoms with Gasteiger partial charge in [-0.05, 0) is 6.42 Å². The normalized spacial score (nSPS) is 14.0. The fourth-order valence-electron chi connectivity index (χ4n) is 3.65. The van der Waals surface area contributed by atoms with Crippen LogP contribution in [0, 0.1) is 0 Å². The number of rotatable bonds is 15. The number of aliphatic hydroxyl groups is 2. The Morgan fingerprint density at radius 3 is 1.84 bits per heavy atom. The first-order valence-electron chi connectivity index (χ1n) is 10.4. The van der Waals surface area contributed by atoms with E-state index in [2.05, 4.69) is 38.2 Å². The molecule has 0 aliphatic rings. The van der Waals surface area contributed by atoms with E-state index < -0.39 is 6.29 Å². The summed E-state index contributed by atoms with van der Waals surface area (Å²) in [6, 6.07) is 10.9. The van der Waals surface area contributed by atoms with Crippen LogP contribution in [0.25, 0.3) is 0 Å². The van der Waals surface area contributed by atoms with E-state index in [4.69, 9.17) is 0 Å². The number of likely N-dealkylation sites (N-methyl/N-ethyl adjacent to an activating group) is 1. The molecule has 2 atom stereocenters. The Balaban J connectivity index is 2.25. The number of aliphatic hydroxyl groups excluding tert-OH is 1. The minimum Gasteiger partial charge on any atom is -0.364 e. The van der Waals surface area contributed by atoms with Crippen molar-refractivity contribution in [3.05, 3.63) is 35.9 Å². The van der Waals surface area contributed by atoms with Crippen molar-refractivity contribution >= 4 is 0 Å². The Bertz CT molecular complexity index is 408. The lowest BCUT2D eigenvalue weighted by molar-refractivity contribution is -0.918. The fraction of sp³-hybridized carbons (Fsp3) is 0.727. The van der Waals surface area contributed by atoms with Crippen LogP contribution in [0.3, 0.4) is 0 Å². The molecule has 0 saturated carbocycles. The van der Waals surface area contributed by atoms with Crippen molar-refractivity contribution < 1.29 is 15.1 Å². The Morgan fingerprint density at radius 1 is 0.800 bits per heavy atom. The molecule has 0 aromatic heterocycles. The third-order valence-corrected chi connectivity index (χ3v) is 5.15. The van der Waals surface area contributed by atoms with Gasteiger partial charge in [-0.2, -0.15) is 0 Å². The fourth-order valence-corrected chi connectivity index (χ4v) is 3.65. The Morgan fingerprint density at radius 2 is 1.32 bits per heavy atom. The first kappa shape index (κ1) is 22.1. The van der Waals surface area contributed by atoms with Crippen molar-refractivity contribution in [1.29, 1.82) is 0 Å². The SMILES string of the molecule is CCCCCCCCCCCCC(c1ccccc1)[NH+](C)CC(O)O. The van der Waals surface area contributed by atoms with Gasteiger partial charge in [0.25, 0.3) is 0 Å². The zero-order chi connectivity index (χ0) is 18.3. The van der Waals surface area contributed by atoms with Gasteiger partial charge in [0.05, 0.1) is 7.05 Å². The zero-order valence-corrected chi connectivity index (χ0v) is 16.4. The van der Waals surface area contributed by atoms with Crippen LogP contribution in [0.2, 0.25) is 0 Å². The average Bonchev–Trinajstić information content (AvgIpc) is 2.60. The molecule has 3 N–H and O–H groups in total. The van der Waals surface area contributed by atoms with Crippen LogP contribution < -0.4 is 4.90 Å². The van der Waals surface area contributed by atoms with Crippen LogP contribution in [0.5, 0.6) is 0 Å². The van der Waals surface area contributed by atoms with Gasteiger partial charge in [-0.25, -0.2) is 0 Å². The highest BCUT2D eigenvalue weighted by Gasteiger charge is 2.21. The van der Waals surface area contributed by atoms with Crippen molar-refractivity contribution in [2.75, 3.05) is 13.6 Å². The summed E-state index contributed by atoms with van der Waals surface area (Å²) in [5.74, 6) is 0. The Hall–Kier alpha value is -0.900. The molecule has 0 aliphatic carbocycles. The van der Waals surface area contributed by atoms with E-state index in [-0.39, 0.29) is 0 Å². The summed E-state index contributed by atoms with van der Waals surface area (Å²) >= 11 is 0. The number of hydrogen-bond donors (Lipinski definition) is 3. The van der Waals surface area contributed by atoms with Gasteiger partial charge in [-0.15, -0.1) is 0 Å². The molecule has 0 bridgehead atoms. The largest absolute Gasteiger partial charge is 0.364 e. The van der Waals surface area contributed by atoms with E-state index in [9.17, 15) is 10.2 Å². The van der Waals surface area contributed by atoms with Crippen LogP contribution >= 0.6 is 0 Å². The average molecular weight is 351 g/mol. The number of benzene rings is 1. The van der Waals surface area contributed by atoms with Crippen LogP contribution in [-0.4, -0.2) is 30.1 Å². The molecule has 0 saturated heterocycles. The molecule has 0 fully saturated rings. The monoisotopic (exact) mass is 350 g/mol. The summed E-state index contributed by atoms with van der Waals surface area (Å²) in [7, 11) is 2.06. The lowest BCUT2D eigenvalue weighted by atomic mass is 9.98. The predicted octanol–water partition coefficient (Wildman–Crippen LogP) is 3.86. The summed E-state index contributed by atoms with van der Waals surface area (Å²) < 4.78 is 0. The van der Waals surface area contributed by atoms with Gasteiger partial charge in [0.2, 0.25) is 6.29 Å². The van der Waals surface area contributed by atoms with E-state index >= 15 is 0 Å². The van der Waals surface area contributed by atoms with Crippen LogP contribution in [0.4, 0.5) is 0 Å². The maximum absolute atomic E-state index is 9.30. The van der Waals surface area contributed by atoms with Gasteiger partial charge in [0.1, 0.15) is 12.6 Å². The number of nitrogens with one attached hydrogen (secondary N) is 1. The quantitative estimate of drug-likeness (QED) is 0.332. The molecular weight excluding hydrogens is 310 g/mol. The molecule has 1 aromatic carbocycles. The van der Waals surface area contributed by atoms with E-state index in [0.29, 0.717) is 12.6 Å². The summed E-state index contributed by atoms with van der Waals surface area (Å²) in [5.41, 5.74) is 1.30. The molecule has 3 nitrogen and oxygen atoms in total. The third kappa shape index (κ3) is 10.6. The highest BCUT2D eigenvalue weighted by Crippen LogP contribution is 2.18. The third-order valence-electron chi connectivity index (χ3n) is 5.15. The van der Waals surface area contributed by atoms with Gasteiger partial charge >= 0.3 is 0 Å². The minimum atomic E-state index is -1.24. The zero-order valence-electron chi connectivity index (χ0n) is 16.4. The second-order valence-corrected chi connectivity index (χ2v) is 7.47. The second kappa shape index (κ2) is 14.3. The maximum atomic E-state index is 9.30. The topological polar surface area (TPSA) is 44.9 Å². The number of hydrogen-bond acceptors (Lipinski definition) is 2. The van der Waals surface area contributed by atoms with E-state index in [1.807, 2.05) is 6.07 Å². The first-order valence-corrected chi connectivity index (χ1v) is 10.4. The minimum absolute atomic E-state index is 0.344. The molecule has 0 amide bonds. The summed E-state index contributed by atoms with van der Waals surface area (Å²) in [6.07, 6.45) is 13.4. The van der Waals surface area contributed by atoms with Crippen molar-refractivity contribution in [2.45, 2.75) is 89.9 Å². The van der Waals surface area contributed by atoms with Gasteiger partial charge in [-0.3, -0.25) is 0 Å². The van der Waals surface area contributed by atoms with Crippen molar-refractivity contribution in [2.24, 2.45) is 0 Å². The van der Waals surface area contributed by atoms with Crippen LogP contribution in [0.1, 0.15) is 89.2 Å². The standard InChI is InChI=1S/C22H39NO2/c1-3-4-5-6-7-8-9-10-11-15-18-21(23(2)19-22(24)25)20-16-13-12-14-17-20/h12-14,16-17,21-22,24-25H,3-11,15,18-19H2,1-2H3/p+1. The molecule has 2 unspecified atom stereocenters. The molecule has 1 aromatic rings. The predicted molar refractivity (Wildman–Crippen MR) is 106 cm³/mol. The lowest BCUT2D eigenvalue weighted by Gasteiger charge is -2.26. The van der Waals surface area contributed by atoms with Gasteiger partial charge < -0.3 is 15.1 Å². The molecule has 3 heteroatoms. The maximum Gasteiger partial charge on any atom is 0.202 e. The summed E-state index contributed by atoms with van der Waals surface area (Å²) in [5, 5.41) is 18.6. The Kier molecular flexibility index (Phi) is 12.7. The summed E-state index contributed by atoms with van der Waals surface area (Å²) in [6.45, 7) is 2.64. The number of quaternary nitrogens is 1. The van der Waals surface area contributed by atoms with Crippen molar-refractivity contribution in [3.8, 4) is 0 Å². The lowest BCUT2D eigenvalue weighted by Crippen LogP contribution is -3.10. The van der Waals surface area contributed by atoms with Crippen molar-refractivity contribution in [3.63, 3.8) is 0 Å². The van der Waals surface area contributed by atoms with Crippen molar-refractivity contribution in [1.82, 2.24) is 0 Å². The van der Waals surface area contributed by atoms with E-state index in [1.165, 1.54) is 74.7 Å². The van der Waals surface area contributed by atoms with Gasteiger partial charge in [0.15, 0.2) is 0 Å². The molecule has 1 rings (SSSR count). The first-order chi connectivity index (χ1) is 12.1. The Labute approximate surface area is 155 Å². The molecule has 25 heavy (non-hydrogen) atoms. The molecule has 0 aliphatic heterocycles. The van der Waals surface area contributed by atoms with Gasteiger partial charge in [0, 0.05) is 12.0 Å². The molecule has 144 valence electrons. The van der Waals surface area contributed by atoms with Crippen LogP contribution in [0.15, 0.2) is 30.3 Å². The molecule has 0 spiro atoms. The highest BCUT2D eigenvalue weighted by molar-refractivity contribution is 5.17. The smallest absolute Gasteiger partial charge is 0.202 e. The molecule has 0 heterocycles. The molecular formula is C22H40NO2+. The molecule has 0 radical (unpaired) electrons. The van der Waals surface area contributed by atoms with E-state index in [0.717, 1.165) is 6.42 Å².